The number of para-hydroxylation sites is 1. The van der Waals surface area contributed by atoms with Gasteiger partial charge < -0.3 is 15.4 Å². The standard InChI is InChI=1S/C15H19ClN2O2/c1-20-13-11(16)3-2-4-12(13)18-14(19)10-9-15(10)5-7-17-8-6-15/h2-4,10,17H,5-9H2,1H3,(H,18,19). The molecule has 3 rings (SSSR count). The first kappa shape index (κ1) is 13.7. The van der Waals surface area contributed by atoms with Crippen LogP contribution in [0, 0.1) is 11.3 Å². The van der Waals surface area contributed by atoms with Crippen molar-refractivity contribution in [2.75, 3.05) is 25.5 Å². The molecule has 1 aromatic carbocycles. The van der Waals surface area contributed by atoms with Gasteiger partial charge in [0.2, 0.25) is 5.91 Å². The molecule has 108 valence electrons. The molecule has 1 saturated carbocycles. The molecule has 2 fully saturated rings. The van der Waals surface area contributed by atoms with E-state index in [-0.39, 0.29) is 17.2 Å². The van der Waals surface area contributed by atoms with Crippen LogP contribution in [0.5, 0.6) is 5.75 Å². The van der Waals surface area contributed by atoms with Crippen molar-refractivity contribution in [1.29, 1.82) is 0 Å². The summed E-state index contributed by atoms with van der Waals surface area (Å²) in [7, 11) is 1.56. The molecular weight excluding hydrogens is 276 g/mol. The zero-order valence-electron chi connectivity index (χ0n) is 11.5. The highest BCUT2D eigenvalue weighted by molar-refractivity contribution is 6.32. The first-order valence-corrected chi connectivity index (χ1v) is 7.38. The third-order valence-corrected chi connectivity index (χ3v) is 4.83. The highest BCUT2D eigenvalue weighted by Crippen LogP contribution is 2.58. The number of piperidine rings is 1. The molecule has 0 aromatic heterocycles. The van der Waals surface area contributed by atoms with Crippen LogP contribution >= 0.6 is 11.6 Å². The number of nitrogens with one attached hydrogen (secondary N) is 2. The molecule has 1 spiro atoms. The number of methoxy groups -OCH3 is 1. The van der Waals surface area contributed by atoms with E-state index in [1.165, 1.54) is 0 Å². The molecule has 2 aliphatic rings. The van der Waals surface area contributed by atoms with Crippen molar-refractivity contribution in [2.24, 2.45) is 11.3 Å². The quantitative estimate of drug-likeness (QED) is 0.901. The minimum absolute atomic E-state index is 0.0902. The highest BCUT2D eigenvalue weighted by Gasteiger charge is 2.57. The fourth-order valence-electron chi connectivity index (χ4n) is 3.23. The fourth-order valence-corrected chi connectivity index (χ4v) is 3.48. The van der Waals surface area contributed by atoms with E-state index in [9.17, 15) is 4.79 Å². The summed E-state index contributed by atoms with van der Waals surface area (Å²) >= 11 is 6.07. The van der Waals surface area contributed by atoms with Crippen molar-refractivity contribution in [3.05, 3.63) is 23.2 Å². The number of anilines is 1. The van der Waals surface area contributed by atoms with Crippen LogP contribution in [-0.4, -0.2) is 26.1 Å². The van der Waals surface area contributed by atoms with Gasteiger partial charge in [0, 0.05) is 5.92 Å². The van der Waals surface area contributed by atoms with E-state index in [0.717, 1.165) is 32.4 Å². The lowest BCUT2D eigenvalue weighted by molar-refractivity contribution is -0.118. The second-order valence-electron chi connectivity index (χ2n) is 5.68. The van der Waals surface area contributed by atoms with Gasteiger partial charge in [-0.05, 0) is 49.9 Å². The van der Waals surface area contributed by atoms with Crippen LogP contribution in [0.15, 0.2) is 18.2 Å². The Labute approximate surface area is 123 Å². The smallest absolute Gasteiger partial charge is 0.228 e. The third kappa shape index (κ3) is 2.38. The average molecular weight is 295 g/mol. The first-order chi connectivity index (χ1) is 9.66. The van der Waals surface area contributed by atoms with Gasteiger partial charge in [0.05, 0.1) is 17.8 Å². The van der Waals surface area contributed by atoms with Crippen LogP contribution < -0.4 is 15.4 Å². The Morgan fingerprint density at radius 1 is 1.45 bits per heavy atom. The minimum atomic E-state index is 0.0902. The maximum atomic E-state index is 12.4. The Morgan fingerprint density at radius 2 is 2.20 bits per heavy atom. The van der Waals surface area contributed by atoms with Crippen molar-refractivity contribution in [3.8, 4) is 5.75 Å². The van der Waals surface area contributed by atoms with Crippen LogP contribution in [-0.2, 0) is 4.79 Å². The predicted octanol–water partition coefficient (Wildman–Crippen LogP) is 2.68. The van der Waals surface area contributed by atoms with Gasteiger partial charge in [-0.3, -0.25) is 4.79 Å². The van der Waals surface area contributed by atoms with Gasteiger partial charge in [-0.25, -0.2) is 0 Å². The van der Waals surface area contributed by atoms with Gasteiger partial charge in [-0.2, -0.15) is 0 Å². The second kappa shape index (κ2) is 5.26. The van der Waals surface area contributed by atoms with Crippen LogP contribution in [0.4, 0.5) is 5.69 Å². The summed E-state index contributed by atoms with van der Waals surface area (Å²) in [6, 6.07) is 5.38. The molecule has 1 aliphatic carbocycles. The van der Waals surface area contributed by atoms with E-state index >= 15 is 0 Å². The second-order valence-corrected chi connectivity index (χ2v) is 6.09. The maximum Gasteiger partial charge on any atom is 0.228 e. The Bertz CT molecular complexity index is 527. The lowest BCUT2D eigenvalue weighted by atomic mass is 9.92. The molecule has 1 aliphatic heterocycles. The number of halogens is 1. The number of carbonyl (C=O) groups excluding carboxylic acids is 1. The molecule has 1 amide bonds. The maximum absolute atomic E-state index is 12.4. The molecule has 0 bridgehead atoms. The minimum Gasteiger partial charge on any atom is -0.493 e. The summed E-state index contributed by atoms with van der Waals surface area (Å²) in [6.45, 7) is 2.04. The van der Waals surface area contributed by atoms with Gasteiger partial charge in [0.15, 0.2) is 5.75 Å². The van der Waals surface area contributed by atoms with Crippen LogP contribution in [0.3, 0.4) is 0 Å². The van der Waals surface area contributed by atoms with E-state index in [2.05, 4.69) is 10.6 Å². The van der Waals surface area contributed by atoms with Crippen molar-refractivity contribution >= 4 is 23.2 Å². The fraction of sp³-hybridized carbons (Fsp3) is 0.533. The number of rotatable bonds is 3. The molecular formula is C15H19ClN2O2. The molecule has 0 radical (unpaired) electrons. The van der Waals surface area contributed by atoms with Crippen LogP contribution in [0.25, 0.3) is 0 Å². The lowest BCUT2D eigenvalue weighted by Gasteiger charge is -2.23. The van der Waals surface area contributed by atoms with E-state index in [1.807, 2.05) is 12.1 Å². The van der Waals surface area contributed by atoms with Gasteiger partial charge in [-0.15, -0.1) is 0 Å². The van der Waals surface area contributed by atoms with Crippen molar-refractivity contribution in [3.63, 3.8) is 0 Å². The molecule has 1 heterocycles. The van der Waals surface area contributed by atoms with E-state index in [1.54, 1.807) is 13.2 Å². The zero-order valence-corrected chi connectivity index (χ0v) is 12.3. The van der Waals surface area contributed by atoms with E-state index < -0.39 is 0 Å². The molecule has 1 atom stereocenters. The Balaban J connectivity index is 1.70. The number of benzene rings is 1. The predicted molar refractivity (Wildman–Crippen MR) is 79.3 cm³/mol. The Hall–Kier alpha value is -1.26. The summed E-state index contributed by atoms with van der Waals surface area (Å²) < 4.78 is 5.26. The summed E-state index contributed by atoms with van der Waals surface area (Å²) in [5.41, 5.74) is 0.891. The Morgan fingerprint density at radius 3 is 2.90 bits per heavy atom. The lowest BCUT2D eigenvalue weighted by Crippen LogP contribution is -2.31. The van der Waals surface area contributed by atoms with Gasteiger partial charge in [-0.1, -0.05) is 17.7 Å². The molecule has 4 nitrogen and oxygen atoms in total. The highest BCUT2D eigenvalue weighted by atomic mass is 35.5. The van der Waals surface area contributed by atoms with Gasteiger partial charge in [0.1, 0.15) is 0 Å². The Kier molecular flexibility index (Phi) is 3.61. The summed E-state index contributed by atoms with van der Waals surface area (Å²) in [5.74, 6) is 0.753. The van der Waals surface area contributed by atoms with Crippen LogP contribution in [0.2, 0.25) is 5.02 Å². The van der Waals surface area contributed by atoms with E-state index in [0.29, 0.717) is 16.5 Å². The number of hydrogen-bond donors (Lipinski definition) is 2. The zero-order chi connectivity index (χ0) is 14.2. The van der Waals surface area contributed by atoms with Crippen molar-refractivity contribution < 1.29 is 9.53 Å². The summed E-state index contributed by atoms with van der Waals surface area (Å²) in [4.78, 5) is 12.4. The normalized spacial score (nSPS) is 23.4. The average Bonchev–Trinajstić information content (AvgIpc) is 3.13. The number of amides is 1. The van der Waals surface area contributed by atoms with Crippen molar-refractivity contribution in [2.45, 2.75) is 19.3 Å². The first-order valence-electron chi connectivity index (χ1n) is 7.00. The third-order valence-electron chi connectivity index (χ3n) is 4.53. The largest absolute Gasteiger partial charge is 0.493 e. The summed E-state index contributed by atoms with van der Waals surface area (Å²) in [5, 5.41) is 6.82. The molecule has 2 N–H and O–H groups in total. The van der Waals surface area contributed by atoms with Crippen molar-refractivity contribution in [1.82, 2.24) is 5.32 Å². The molecule has 20 heavy (non-hydrogen) atoms. The monoisotopic (exact) mass is 294 g/mol. The molecule has 1 unspecified atom stereocenters. The van der Waals surface area contributed by atoms with Gasteiger partial charge >= 0.3 is 0 Å². The molecule has 1 aromatic rings. The SMILES string of the molecule is COc1c(Cl)cccc1NC(=O)C1CC12CCNCC2. The molecule has 5 heteroatoms. The molecule has 1 saturated heterocycles. The number of hydrogen-bond acceptors (Lipinski definition) is 3. The van der Waals surface area contributed by atoms with E-state index in [4.69, 9.17) is 16.3 Å². The topological polar surface area (TPSA) is 50.4 Å². The summed E-state index contributed by atoms with van der Waals surface area (Å²) in [6.07, 6.45) is 3.19. The number of carbonyl (C=O) groups is 1. The van der Waals surface area contributed by atoms with Crippen LogP contribution in [0.1, 0.15) is 19.3 Å². The number of ether oxygens (including phenoxy) is 1. The van der Waals surface area contributed by atoms with Gasteiger partial charge in [0.25, 0.3) is 0 Å².